The molecule has 2 saturated heterocycles. The van der Waals surface area contributed by atoms with Gasteiger partial charge in [0.15, 0.2) is 0 Å². The highest BCUT2D eigenvalue weighted by Crippen LogP contribution is 2.40. The molecule has 1 saturated carbocycles. The van der Waals surface area contributed by atoms with E-state index in [9.17, 15) is 23.5 Å². The lowest BCUT2D eigenvalue weighted by Gasteiger charge is -2.31. The minimum atomic E-state index is -1.01. The third-order valence-electron chi connectivity index (χ3n) is 9.23. The second-order valence-electron chi connectivity index (χ2n) is 12.4. The molecule has 2 unspecified atom stereocenters. The number of unbranched alkanes of at least 4 members (excludes halogenated alkanes) is 3. The van der Waals surface area contributed by atoms with Crippen molar-refractivity contribution in [2.45, 2.75) is 109 Å². The fourth-order valence-electron chi connectivity index (χ4n) is 6.99. The lowest BCUT2D eigenvalue weighted by molar-refractivity contribution is -0.135. The first-order valence-corrected chi connectivity index (χ1v) is 15.9. The molecule has 41 heavy (non-hydrogen) atoms. The van der Waals surface area contributed by atoms with E-state index in [0.29, 0.717) is 38.2 Å². The Morgan fingerprint density at radius 2 is 1.83 bits per heavy atom. The van der Waals surface area contributed by atoms with Crippen LogP contribution in [0.2, 0.25) is 0 Å². The Morgan fingerprint density at radius 1 is 1.12 bits per heavy atom. The molecular weight excluding hydrogens is 528 g/mol. The molecule has 1 aliphatic carbocycles. The SMILES string of the molecule is CCCCCN1CC(C(=O)N[C@@H](Cc2cc(F)cc(F)c2)[C@H](O)[C@H]2C[C@@H](OCCCC)CN2)C(C2CCCC2)C1=O. The normalized spacial score (nSPS) is 26.6. The molecule has 3 N–H and O–H groups in total. The third-order valence-corrected chi connectivity index (χ3v) is 9.23. The van der Waals surface area contributed by atoms with E-state index in [4.69, 9.17) is 4.74 Å². The van der Waals surface area contributed by atoms with Gasteiger partial charge in [-0.2, -0.15) is 0 Å². The number of halogens is 2. The van der Waals surface area contributed by atoms with Gasteiger partial charge in [-0.1, -0.05) is 46.0 Å². The summed E-state index contributed by atoms with van der Waals surface area (Å²) in [6, 6.07) is 2.16. The van der Waals surface area contributed by atoms with Gasteiger partial charge in [-0.15, -0.1) is 0 Å². The van der Waals surface area contributed by atoms with Crippen LogP contribution >= 0.6 is 0 Å². The minimum Gasteiger partial charge on any atom is -0.389 e. The number of aliphatic hydroxyl groups is 1. The molecule has 1 aromatic rings. The molecule has 7 nitrogen and oxygen atoms in total. The summed E-state index contributed by atoms with van der Waals surface area (Å²) in [6.45, 7) is 6.50. The van der Waals surface area contributed by atoms with E-state index in [0.717, 1.165) is 63.9 Å². The smallest absolute Gasteiger partial charge is 0.226 e. The molecule has 1 aromatic carbocycles. The Balaban J connectivity index is 1.51. The van der Waals surface area contributed by atoms with Crippen molar-refractivity contribution < 1.29 is 28.2 Å². The molecule has 4 rings (SSSR count). The van der Waals surface area contributed by atoms with Gasteiger partial charge in [0, 0.05) is 38.3 Å². The van der Waals surface area contributed by atoms with Crippen LogP contribution in [-0.2, 0) is 20.7 Å². The van der Waals surface area contributed by atoms with Gasteiger partial charge in [-0.05, 0) is 62.1 Å². The van der Waals surface area contributed by atoms with Crippen molar-refractivity contribution >= 4 is 11.8 Å². The molecule has 0 spiro atoms. The zero-order valence-electron chi connectivity index (χ0n) is 24.8. The molecule has 230 valence electrons. The van der Waals surface area contributed by atoms with Crippen molar-refractivity contribution in [1.29, 1.82) is 0 Å². The number of hydrogen-bond donors (Lipinski definition) is 3. The Kier molecular flexibility index (Phi) is 11.9. The standard InChI is InChI=1S/C32H49F2N3O4/c1-3-5-9-12-37-20-26(29(32(37)40)22-10-7-8-11-22)31(39)36-28(16-21-14-23(33)17-24(34)15-21)30(38)27-18-25(19-35-27)41-13-6-4-2/h14-15,17,22,25-30,35,38H,3-13,16,18-20H2,1-2H3,(H,36,39)/t25-,26?,27-,28+,29?,30-/m1/s1. The molecule has 2 heterocycles. The van der Waals surface area contributed by atoms with Gasteiger partial charge >= 0.3 is 0 Å². The van der Waals surface area contributed by atoms with Gasteiger partial charge in [0.25, 0.3) is 0 Å². The van der Waals surface area contributed by atoms with Crippen LogP contribution in [0, 0.1) is 29.4 Å². The number of carbonyl (C=O) groups is 2. The summed E-state index contributed by atoms with van der Waals surface area (Å²) in [5.74, 6) is -2.27. The Bertz CT molecular complexity index is 985. The van der Waals surface area contributed by atoms with Crippen molar-refractivity contribution in [2.75, 3.05) is 26.2 Å². The van der Waals surface area contributed by atoms with Crippen LogP contribution in [0.1, 0.15) is 83.6 Å². The number of aliphatic hydroxyl groups excluding tert-OH is 1. The summed E-state index contributed by atoms with van der Waals surface area (Å²) in [4.78, 5) is 29.3. The zero-order chi connectivity index (χ0) is 29.4. The molecule has 0 radical (unpaired) electrons. The van der Waals surface area contributed by atoms with Crippen molar-refractivity contribution in [3.8, 4) is 0 Å². The van der Waals surface area contributed by atoms with E-state index in [2.05, 4.69) is 24.5 Å². The molecule has 3 aliphatic rings. The van der Waals surface area contributed by atoms with Gasteiger partial charge in [-0.25, -0.2) is 8.78 Å². The molecule has 0 aromatic heterocycles. The molecule has 2 aliphatic heterocycles. The number of rotatable bonds is 15. The lowest BCUT2D eigenvalue weighted by atomic mass is 9.81. The second-order valence-corrected chi connectivity index (χ2v) is 12.4. The first-order valence-electron chi connectivity index (χ1n) is 15.9. The monoisotopic (exact) mass is 577 g/mol. The van der Waals surface area contributed by atoms with E-state index in [-0.39, 0.29) is 42.2 Å². The Hall–Kier alpha value is -2.10. The predicted molar refractivity (Wildman–Crippen MR) is 154 cm³/mol. The van der Waals surface area contributed by atoms with Crippen molar-refractivity contribution in [2.24, 2.45) is 17.8 Å². The summed E-state index contributed by atoms with van der Waals surface area (Å²) < 4.78 is 34.1. The zero-order valence-corrected chi connectivity index (χ0v) is 24.8. The van der Waals surface area contributed by atoms with Crippen LogP contribution in [0.3, 0.4) is 0 Å². The lowest BCUT2D eigenvalue weighted by Crippen LogP contribution is -2.54. The molecule has 9 heteroatoms. The van der Waals surface area contributed by atoms with E-state index >= 15 is 0 Å². The number of nitrogens with one attached hydrogen (secondary N) is 2. The topological polar surface area (TPSA) is 90.9 Å². The molecular formula is C32H49F2N3O4. The summed E-state index contributed by atoms with van der Waals surface area (Å²) in [5.41, 5.74) is 0.358. The number of likely N-dealkylation sites (tertiary alicyclic amines) is 1. The van der Waals surface area contributed by atoms with E-state index in [1.807, 2.05) is 4.90 Å². The van der Waals surface area contributed by atoms with Crippen molar-refractivity contribution in [3.63, 3.8) is 0 Å². The summed E-state index contributed by atoms with van der Waals surface area (Å²) in [7, 11) is 0. The maximum absolute atomic E-state index is 14.1. The van der Waals surface area contributed by atoms with Gasteiger partial charge in [0.05, 0.1) is 30.1 Å². The highest BCUT2D eigenvalue weighted by atomic mass is 19.1. The van der Waals surface area contributed by atoms with Gasteiger partial charge in [-0.3, -0.25) is 9.59 Å². The van der Waals surface area contributed by atoms with Crippen LogP contribution in [0.15, 0.2) is 18.2 Å². The Labute approximate surface area is 243 Å². The largest absolute Gasteiger partial charge is 0.389 e. The molecule has 6 atom stereocenters. The maximum atomic E-state index is 14.1. The quantitative estimate of drug-likeness (QED) is 0.270. The van der Waals surface area contributed by atoms with Crippen LogP contribution in [0.25, 0.3) is 0 Å². The number of nitrogens with zero attached hydrogens (tertiary/aromatic N) is 1. The summed E-state index contributed by atoms with van der Waals surface area (Å²) in [5, 5.41) is 17.9. The van der Waals surface area contributed by atoms with E-state index < -0.39 is 29.7 Å². The van der Waals surface area contributed by atoms with Gasteiger partial charge < -0.3 is 25.4 Å². The van der Waals surface area contributed by atoms with E-state index in [1.54, 1.807) is 0 Å². The second kappa shape index (κ2) is 15.4. The van der Waals surface area contributed by atoms with Gasteiger partial charge in [0.1, 0.15) is 11.6 Å². The van der Waals surface area contributed by atoms with Crippen LogP contribution < -0.4 is 10.6 Å². The highest BCUT2D eigenvalue weighted by molar-refractivity contribution is 5.91. The highest BCUT2D eigenvalue weighted by Gasteiger charge is 2.49. The van der Waals surface area contributed by atoms with E-state index in [1.165, 1.54) is 12.1 Å². The maximum Gasteiger partial charge on any atom is 0.226 e. The van der Waals surface area contributed by atoms with Crippen LogP contribution in [0.4, 0.5) is 8.78 Å². The van der Waals surface area contributed by atoms with Crippen molar-refractivity contribution in [1.82, 2.24) is 15.5 Å². The fourth-order valence-corrected chi connectivity index (χ4v) is 6.99. The number of carbonyl (C=O) groups excluding carboxylic acids is 2. The Morgan fingerprint density at radius 3 is 2.51 bits per heavy atom. The summed E-state index contributed by atoms with van der Waals surface area (Å²) in [6.07, 6.45) is 8.62. The van der Waals surface area contributed by atoms with Crippen LogP contribution in [-0.4, -0.2) is 72.4 Å². The number of hydrogen-bond acceptors (Lipinski definition) is 5. The number of benzene rings is 1. The molecule has 0 bridgehead atoms. The molecule has 3 fully saturated rings. The molecule has 2 amide bonds. The average molecular weight is 578 g/mol. The first-order chi connectivity index (χ1) is 19.8. The minimum absolute atomic E-state index is 0.0416. The first kappa shape index (κ1) is 31.8. The number of amides is 2. The number of ether oxygens (including phenoxy) is 1. The third kappa shape index (κ3) is 8.48. The average Bonchev–Trinajstić information content (AvgIpc) is 3.69. The summed E-state index contributed by atoms with van der Waals surface area (Å²) >= 11 is 0. The van der Waals surface area contributed by atoms with Crippen LogP contribution in [0.5, 0.6) is 0 Å². The van der Waals surface area contributed by atoms with Gasteiger partial charge in [0.2, 0.25) is 11.8 Å². The fraction of sp³-hybridized carbons (Fsp3) is 0.750. The predicted octanol–water partition coefficient (Wildman–Crippen LogP) is 4.36. The van der Waals surface area contributed by atoms with Crippen molar-refractivity contribution in [3.05, 3.63) is 35.4 Å².